The van der Waals surface area contributed by atoms with Gasteiger partial charge in [0.2, 0.25) is 17.6 Å². The number of benzene rings is 4. The van der Waals surface area contributed by atoms with E-state index in [4.69, 9.17) is 9.72 Å². The van der Waals surface area contributed by atoms with Gasteiger partial charge < -0.3 is 19.1 Å². The third-order valence-corrected chi connectivity index (χ3v) is 9.65. The van der Waals surface area contributed by atoms with Crippen LogP contribution in [0.25, 0.3) is 22.5 Å². The SMILES string of the molecule is O=C([C@@H]1Cc2c(ncn2Cc2ccc(-c3ccccc3-c3nn[nH]n3)cc2)CN1C(=O)C(c1ccccc1)c1ccccc1)N1CCOCC1. The van der Waals surface area contributed by atoms with Gasteiger partial charge in [-0.15, -0.1) is 10.2 Å². The number of aromatic amines is 1. The predicted octanol–water partition coefficient (Wildman–Crippen LogP) is 4.72. The number of tetrazole rings is 1. The average molecular weight is 665 g/mol. The van der Waals surface area contributed by atoms with Gasteiger partial charge in [0.05, 0.1) is 37.7 Å². The number of ether oxygens (including phenoxy) is 1. The Bertz CT molecular complexity index is 2040. The lowest BCUT2D eigenvalue weighted by Gasteiger charge is -2.40. The number of H-pyrrole nitrogens is 1. The summed E-state index contributed by atoms with van der Waals surface area (Å²) < 4.78 is 7.67. The molecule has 1 fully saturated rings. The highest BCUT2D eigenvalue weighted by atomic mass is 16.5. The molecule has 11 heteroatoms. The van der Waals surface area contributed by atoms with Crippen LogP contribution >= 0.6 is 0 Å². The molecule has 0 bridgehead atoms. The van der Waals surface area contributed by atoms with Gasteiger partial charge in [-0.2, -0.15) is 5.21 Å². The minimum atomic E-state index is -0.664. The number of nitrogens with one attached hydrogen (secondary N) is 1. The van der Waals surface area contributed by atoms with Gasteiger partial charge in [-0.25, -0.2) is 4.98 Å². The summed E-state index contributed by atoms with van der Waals surface area (Å²) in [5, 5.41) is 14.6. The zero-order chi connectivity index (χ0) is 33.9. The summed E-state index contributed by atoms with van der Waals surface area (Å²) in [5.41, 5.74) is 7.61. The van der Waals surface area contributed by atoms with Crippen molar-refractivity contribution in [3.8, 4) is 22.5 Å². The summed E-state index contributed by atoms with van der Waals surface area (Å²) in [6.45, 7) is 2.82. The summed E-state index contributed by atoms with van der Waals surface area (Å²) in [6.07, 6.45) is 2.21. The Morgan fingerprint density at radius 2 is 1.48 bits per heavy atom. The Hall–Kier alpha value is -5.94. The van der Waals surface area contributed by atoms with E-state index in [0.717, 1.165) is 44.8 Å². The van der Waals surface area contributed by atoms with E-state index in [9.17, 15) is 9.59 Å². The molecule has 1 N–H and O–H groups in total. The number of morpholine rings is 1. The Morgan fingerprint density at radius 3 is 2.14 bits per heavy atom. The lowest BCUT2D eigenvalue weighted by atomic mass is 9.88. The number of imidazole rings is 1. The van der Waals surface area contributed by atoms with E-state index in [-0.39, 0.29) is 18.4 Å². The maximum atomic E-state index is 14.7. The second kappa shape index (κ2) is 13.9. The van der Waals surface area contributed by atoms with Gasteiger partial charge >= 0.3 is 0 Å². The molecule has 4 aromatic carbocycles. The molecule has 1 atom stereocenters. The van der Waals surface area contributed by atoms with E-state index in [1.807, 2.05) is 96.2 Å². The van der Waals surface area contributed by atoms with Crippen LogP contribution in [0.3, 0.4) is 0 Å². The molecule has 250 valence electrons. The molecular formula is C39H36N8O3. The van der Waals surface area contributed by atoms with Gasteiger partial charge in [0.1, 0.15) is 6.04 Å². The molecule has 0 spiro atoms. The molecule has 11 nitrogen and oxygen atoms in total. The van der Waals surface area contributed by atoms with E-state index in [2.05, 4.69) is 49.5 Å². The maximum absolute atomic E-state index is 14.7. The van der Waals surface area contributed by atoms with E-state index in [1.54, 1.807) is 4.90 Å². The molecule has 2 amide bonds. The summed E-state index contributed by atoms with van der Waals surface area (Å²) in [7, 11) is 0. The molecule has 0 unspecified atom stereocenters. The fourth-order valence-electron chi connectivity index (χ4n) is 7.09. The fraction of sp³-hybridized carbons (Fsp3) is 0.231. The summed E-state index contributed by atoms with van der Waals surface area (Å²) in [4.78, 5) is 37.4. The largest absolute Gasteiger partial charge is 0.378 e. The molecule has 2 aliphatic heterocycles. The normalized spacial score (nSPS) is 16.0. The number of aromatic nitrogens is 6. The van der Waals surface area contributed by atoms with Gasteiger partial charge in [0.15, 0.2) is 0 Å². The molecule has 50 heavy (non-hydrogen) atoms. The van der Waals surface area contributed by atoms with Crippen molar-refractivity contribution in [2.75, 3.05) is 26.3 Å². The zero-order valence-electron chi connectivity index (χ0n) is 27.4. The number of fused-ring (bicyclic) bond motifs is 1. The predicted molar refractivity (Wildman–Crippen MR) is 187 cm³/mol. The minimum absolute atomic E-state index is 0.0513. The number of hydrogen-bond donors (Lipinski definition) is 1. The van der Waals surface area contributed by atoms with E-state index >= 15 is 0 Å². The molecule has 2 aliphatic rings. The van der Waals surface area contributed by atoms with Crippen LogP contribution in [-0.4, -0.2) is 84.1 Å². The smallest absolute Gasteiger partial charge is 0.245 e. The first-order chi connectivity index (χ1) is 24.6. The molecular weight excluding hydrogens is 628 g/mol. The molecule has 4 heterocycles. The standard InChI is InChI=1S/C39H36N8O3/c48-38(45-19-21-50-22-20-45)35-23-34-33(25-47(35)39(49)36(29-9-3-1-4-10-29)30-11-5-2-6-12-30)40-26-46(34)24-27-15-17-28(18-16-27)31-13-7-8-14-32(31)37-41-43-44-42-37/h1-18,26,35-36H,19-25H2,(H,41,42,43,44)/t35-/m0/s1. The Balaban J connectivity index is 1.09. The van der Waals surface area contributed by atoms with Crippen molar-refractivity contribution in [1.82, 2.24) is 40.0 Å². The van der Waals surface area contributed by atoms with Crippen molar-refractivity contribution in [1.29, 1.82) is 0 Å². The lowest BCUT2D eigenvalue weighted by molar-refractivity contribution is -0.150. The van der Waals surface area contributed by atoms with Crippen LogP contribution in [-0.2, 0) is 33.8 Å². The lowest BCUT2D eigenvalue weighted by Crippen LogP contribution is -2.56. The first-order valence-corrected chi connectivity index (χ1v) is 16.9. The number of hydrogen-bond acceptors (Lipinski definition) is 7. The van der Waals surface area contributed by atoms with Crippen molar-refractivity contribution in [3.63, 3.8) is 0 Å². The first kappa shape index (κ1) is 31.3. The highest BCUT2D eigenvalue weighted by Crippen LogP contribution is 2.33. The molecule has 8 rings (SSSR count). The Kier molecular flexibility index (Phi) is 8.70. The molecule has 0 aliphatic carbocycles. The Morgan fingerprint density at radius 1 is 0.820 bits per heavy atom. The molecule has 1 saturated heterocycles. The maximum Gasteiger partial charge on any atom is 0.245 e. The Labute approximate surface area is 289 Å². The number of amides is 2. The highest BCUT2D eigenvalue weighted by molar-refractivity contribution is 5.93. The molecule has 2 aromatic heterocycles. The van der Waals surface area contributed by atoms with Crippen molar-refractivity contribution >= 4 is 11.8 Å². The van der Waals surface area contributed by atoms with Crippen LogP contribution in [0.2, 0.25) is 0 Å². The molecule has 6 aromatic rings. The number of nitrogens with zero attached hydrogens (tertiary/aromatic N) is 7. The van der Waals surface area contributed by atoms with E-state index in [1.165, 1.54) is 0 Å². The van der Waals surface area contributed by atoms with Crippen LogP contribution < -0.4 is 0 Å². The van der Waals surface area contributed by atoms with Crippen LogP contribution in [0, 0.1) is 0 Å². The zero-order valence-corrected chi connectivity index (χ0v) is 27.4. The summed E-state index contributed by atoms with van der Waals surface area (Å²) >= 11 is 0. The van der Waals surface area contributed by atoms with Crippen LogP contribution in [0.5, 0.6) is 0 Å². The monoisotopic (exact) mass is 664 g/mol. The van der Waals surface area contributed by atoms with Gasteiger partial charge in [-0.1, -0.05) is 109 Å². The third-order valence-electron chi connectivity index (χ3n) is 9.65. The molecule has 0 saturated carbocycles. The summed E-state index contributed by atoms with van der Waals surface area (Å²) in [6, 6.07) is 35.3. The second-order valence-electron chi connectivity index (χ2n) is 12.6. The highest BCUT2D eigenvalue weighted by Gasteiger charge is 2.42. The van der Waals surface area contributed by atoms with E-state index < -0.39 is 12.0 Å². The third kappa shape index (κ3) is 6.19. The quantitative estimate of drug-likeness (QED) is 0.250. The van der Waals surface area contributed by atoms with Crippen LogP contribution in [0.15, 0.2) is 116 Å². The first-order valence-electron chi connectivity index (χ1n) is 16.9. The van der Waals surface area contributed by atoms with Crippen molar-refractivity contribution < 1.29 is 14.3 Å². The topological polar surface area (TPSA) is 122 Å². The second-order valence-corrected chi connectivity index (χ2v) is 12.6. The van der Waals surface area contributed by atoms with Crippen molar-refractivity contribution in [2.45, 2.75) is 31.5 Å². The summed E-state index contributed by atoms with van der Waals surface area (Å²) in [5.74, 6) is -0.164. The van der Waals surface area contributed by atoms with Crippen molar-refractivity contribution in [3.05, 3.63) is 144 Å². The number of carbonyl (C=O) groups is 2. The van der Waals surface area contributed by atoms with Gasteiger partial charge in [-0.3, -0.25) is 9.59 Å². The fourth-order valence-corrected chi connectivity index (χ4v) is 7.09. The van der Waals surface area contributed by atoms with E-state index in [0.29, 0.717) is 45.1 Å². The van der Waals surface area contributed by atoms with Gasteiger partial charge in [-0.05, 0) is 33.0 Å². The van der Waals surface area contributed by atoms with Gasteiger partial charge in [0.25, 0.3) is 0 Å². The minimum Gasteiger partial charge on any atom is -0.378 e. The van der Waals surface area contributed by atoms with Gasteiger partial charge in [0, 0.05) is 37.3 Å². The number of carbonyl (C=O) groups excluding carboxylic acids is 2. The van der Waals surface area contributed by atoms with Crippen LogP contribution in [0.4, 0.5) is 0 Å². The number of rotatable bonds is 8. The van der Waals surface area contributed by atoms with Crippen molar-refractivity contribution in [2.24, 2.45) is 0 Å². The van der Waals surface area contributed by atoms with Crippen LogP contribution in [0.1, 0.15) is 34.0 Å². The molecule has 0 radical (unpaired) electrons. The average Bonchev–Trinajstić information content (AvgIpc) is 3.86.